The minimum atomic E-state index is -0.109. The van der Waals surface area contributed by atoms with Crippen molar-refractivity contribution in [3.8, 4) is 0 Å². The Morgan fingerprint density at radius 2 is 1.93 bits per heavy atom. The lowest BCUT2D eigenvalue weighted by molar-refractivity contribution is 0.164. The number of aryl methyl sites for hydroxylation is 1. The predicted molar refractivity (Wildman–Crippen MR) is 58.4 cm³/mol. The molecule has 1 aliphatic carbocycles. The molecule has 1 aromatic rings. The maximum atomic E-state index is 9.77. The van der Waals surface area contributed by atoms with E-state index in [1.807, 2.05) is 0 Å². The molecule has 0 bridgehead atoms. The Morgan fingerprint density at radius 3 is 2.43 bits per heavy atom. The second-order valence-electron chi connectivity index (χ2n) is 4.20. The maximum absolute atomic E-state index is 9.77. The van der Waals surface area contributed by atoms with Gasteiger partial charge in [0.2, 0.25) is 0 Å². The van der Waals surface area contributed by atoms with Crippen molar-refractivity contribution in [1.82, 2.24) is 0 Å². The van der Waals surface area contributed by atoms with Crippen LogP contribution in [-0.4, -0.2) is 11.2 Å². The van der Waals surface area contributed by atoms with Crippen LogP contribution in [0.3, 0.4) is 0 Å². The van der Waals surface area contributed by atoms with E-state index >= 15 is 0 Å². The first kappa shape index (κ1) is 9.72. The second-order valence-corrected chi connectivity index (χ2v) is 4.20. The summed E-state index contributed by atoms with van der Waals surface area (Å²) in [5.74, 6) is 0.390. The molecule has 1 saturated carbocycles. The standard InChI is InChI=1S/C13H18O/c1-2-10-6-8-11(9-7-10)12-4-3-5-13(12)14/h6-9,12-14H,2-5H2,1H3/t12-,13-/m0/s1. The van der Waals surface area contributed by atoms with E-state index < -0.39 is 0 Å². The Kier molecular flexibility index (Phi) is 2.87. The zero-order valence-electron chi connectivity index (χ0n) is 8.74. The van der Waals surface area contributed by atoms with Crippen LogP contribution in [0.1, 0.15) is 43.2 Å². The van der Waals surface area contributed by atoms with Crippen LogP contribution in [0.25, 0.3) is 0 Å². The lowest BCUT2D eigenvalue weighted by Crippen LogP contribution is -2.10. The fraction of sp³-hybridized carbons (Fsp3) is 0.538. The summed E-state index contributed by atoms with van der Waals surface area (Å²) in [5.41, 5.74) is 2.69. The third-order valence-electron chi connectivity index (χ3n) is 3.30. The lowest BCUT2D eigenvalue weighted by atomic mass is 9.95. The third-order valence-corrected chi connectivity index (χ3v) is 3.30. The van der Waals surface area contributed by atoms with Crippen molar-refractivity contribution >= 4 is 0 Å². The predicted octanol–water partition coefficient (Wildman–Crippen LogP) is 2.88. The second kappa shape index (κ2) is 4.14. The van der Waals surface area contributed by atoms with E-state index in [1.165, 1.54) is 17.5 Å². The Labute approximate surface area is 85.8 Å². The van der Waals surface area contributed by atoms with Gasteiger partial charge in [-0.25, -0.2) is 0 Å². The van der Waals surface area contributed by atoms with Gasteiger partial charge in [0.25, 0.3) is 0 Å². The van der Waals surface area contributed by atoms with Gasteiger partial charge in [0, 0.05) is 5.92 Å². The molecule has 14 heavy (non-hydrogen) atoms. The number of aliphatic hydroxyl groups excluding tert-OH is 1. The zero-order chi connectivity index (χ0) is 9.97. The molecule has 2 atom stereocenters. The first-order valence-electron chi connectivity index (χ1n) is 5.58. The molecule has 1 heteroatoms. The Morgan fingerprint density at radius 1 is 1.21 bits per heavy atom. The molecule has 0 saturated heterocycles. The van der Waals surface area contributed by atoms with Gasteiger partial charge in [-0.15, -0.1) is 0 Å². The normalized spacial score (nSPS) is 26.7. The Hall–Kier alpha value is -0.820. The van der Waals surface area contributed by atoms with Crippen LogP contribution in [-0.2, 0) is 6.42 Å². The van der Waals surface area contributed by atoms with Crippen LogP contribution in [0.15, 0.2) is 24.3 Å². The Balaban J connectivity index is 2.16. The molecule has 2 rings (SSSR count). The van der Waals surface area contributed by atoms with Gasteiger partial charge in [0.1, 0.15) is 0 Å². The molecule has 76 valence electrons. The molecule has 1 fully saturated rings. The van der Waals surface area contributed by atoms with Gasteiger partial charge in [-0.1, -0.05) is 37.6 Å². The fourth-order valence-electron chi connectivity index (χ4n) is 2.33. The van der Waals surface area contributed by atoms with Gasteiger partial charge in [-0.3, -0.25) is 0 Å². The Bertz CT molecular complexity index is 289. The third kappa shape index (κ3) is 1.83. The van der Waals surface area contributed by atoms with Crippen LogP contribution < -0.4 is 0 Å². The van der Waals surface area contributed by atoms with E-state index in [2.05, 4.69) is 31.2 Å². The van der Waals surface area contributed by atoms with Crippen molar-refractivity contribution in [3.63, 3.8) is 0 Å². The number of hydrogen-bond acceptors (Lipinski definition) is 1. The zero-order valence-corrected chi connectivity index (χ0v) is 8.74. The number of aliphatic hydroxyl groups is 1. The van der Waals surface area contributed by atoms with E-state index in [9.17, 15) is 5.11 Å². The molecule has 0 amide bonds. The molecular formula is C13H18O. The highest BCUT2D eigenvalue weighted by atomic mass is 16.3. The number of hydrogen-bond donors (Lipinski definition) is 1. The number of benzene rings is 1. The monoisotopic (exact) mass is 190 g/mol. The van der Waals surface area contributed by atoms with Gasteiger partial charge in [-0.05, 0) is 30.4 Å². The average Bonchev–Trinajstić information content (AvgIpc) is 2.65. The molecule has 0 radical (unpaired) electrons. The van der Waals surface area contributed by atoms with E-state index in [1.54, 1.807) is 0 Å². The summed E-state index contributed by atoms with van der Waals surface area (Å²) in [7, 11) is 0. The van der Waals surface area contributed by atoms with Crippen LogP contribution >= 0.6 is 0 Å². The largest absolute Gasteiger partial charge is 0.392 e. The van der Waals surface area contributed by atoms with E-state index in [0.717, 1.165) is 19.3 Å². The van der Waals surface area contributed by atoms with Crippen LogP contribution in [0.5, 0.6) is 0 Å². The smallest absolute Gasteiger partial charge is 0.0608 e. The van der Waals surface area contributed by atoms with E-state index in [4.69, 9.17) is 0 Å². The van der Waals surface area contributed by atoms with Gasteiger partial charge in [0.05, 0.1) is 6.10 Å². The summed E-state index contributed by atoms with van der Waals surface area (Å²) in [6.07, 6.45) is 4.27. The van der Waals surface area contributed by atoms with Gasteiger partial charge in [-0.2, -0.15) is 0 Å². The van der Waals surface area contributed by atoms with Crippen molar-refractivity contribution in [1.29, 1.82) is 0 Å². The van der Waals surface area contributed by atoms with Crippen molar-refractivity contribution in [2.45, 2.75) is 44.6 Å². The van der Waals surface area contributed by atoms with Crippen LogP contribution in [0.4, 0.5) is 0 Å². The minimum absolute atomic E-state index is 0.109. The SMILES string of the molecule is CCc1ccc([C@@H]2CCC[C@@H]2O)cc1. The molecule has 1 nitrogen and oxygen atoms in total. The molecule has 1 aromatic carbocycles. The molecule has 0 heterocycles. The van der Waals surface area contributed by atoms with Crippen LogP contribution in [0.2, 0.25) is 0 Å². The van der Waals surface area contributed by atoms with Crippen molar-refractivity contribution in [3.05, 3.63) is 35.4 Å². The fourth-order valence-corrected chi connectivity index (χ4v) is 2.33. The summed E-state index contributed by atoms with van der Waals surface area (Å²) in [6, 6.07) is 8.72. The summed E-state index contributed by atoms with van der Waals surface area (Å²) < 4.78 is 0. The maximum Gasteiger partial charge on any atom is 0.0608 e. The molecule has 0 aliphatic heterocycles. The van der Waals surface area contributed by atoms with Crippen molar-refractivity contribution < 1.29 is 5.11 Å². The van der Waals surface area contributed by atoms with Gasteiger partial charge < -0.3 is 5.11 Å². The molecule has 0 unspecified atom stereocenters. The lowest BCUT2D eigenvalue weighted by Gasteiger charge is -2.14. The number of rotatable bonds is 2. The topological polar surface area (TPSA) is 20.2 Å². The summed E-state index contributed by atoms with van der Waals surface area (Å²) >= 11 is 0. The highest BCUT2D eigenvalue weighted by Gasteiger charge is 2.26. The molecule has 1 aliphatic rings. The summed E-state index contributed by atoms with van der Waals surface area (Å²) in [4.78, 5) is 0. The minimum Gasteiger partial charge on any atom is -0.392 e. The summed E-state index contributed by atoms with van der Waals surface area (Å²) in [6.45, 7) is 2.17. The highest BCUT2D eigenvalue weighted by molar-refractivity contribution is 5.26. The molecule has 1 N–H and O–H groups in total. The highest BCUT2D eigenvalue weighted by Crippen LogP contribution is 2.34. The first-order valence-corrected chi connectivity index (χ1v) is 5.58. The summed E-state index contributed by atoms with van der Waals surface area (Å²) in [5, 5.41) is 9.77. The van der Waals surface area contributed by atoms with E-state index in [0.29, 0.717) is 5.92 Å². The molecule has 0 spiro atoms. The first-order chi connectivity index (χ1) is 6.81. The molecular weight excluding hydrogens is 172 g/mol. The van der Waals surface area contributed by atoms with Crippen LogP contribution in [0, 0.1) is 0 Å². The van der Waals surface area contributed by atoms with Gasteiger partial charge in [0.15, 0.2) is 0 Å². The van der Waals surface area contributed by atoms with Gasteiger partial charge >= 0.3 is 0 Å². The quantitative estimate of drug-likeness (QED) is 0.760. The van der Waals surface area contributed by atoms with Crippen molar-refractivity contribution in [2.24, 2.45) is 0 Å². The van der Waals surface area contributed by atoms with E-state index in [-0.39, 0.29) is 6.10 Å². The average molecular weight is 190 g/mol. The molecule has 0 aromatic heterocycles. The van der Waals surface area contributed by atoms with Crippen molar-refractivity contribution in [2.75, 3.05) is 0 Å².